The van der Waals surface area contributed by atoms with Crippen LogP contribution in [-0.2, 0) is 14.5 Å². The Morgan fingerprint density at radius 2 is 2.09 bits per heavy atom. The van der Waals surface area contributed by atoms with Crippen LogP contribution in [0.25, 0.3) is 10.9 Å². The molecule has 2 saturated heterocycles. The lowest BCUT2D eigenvalue weighted by atomic mass is 10.1. The number of aryl methyl sites for hydroxylation is 1. The number of hydrogen-bond donors (Lipinski definition) is 2. The minimum atomic E-state index is -2.13. The molecule has 0 spiro atoms. The summed E-state index contributed by atoms with van der Waals surface area (Å²) in [5.41, 5.74) is 2.67. The minimum Gasteiger partial charge on any atom is -0.483 e. The molecule has 8 nitrogen and oxygen atoms in total. The van der Waals surface area contributed by atoms with Crippen LogP contribution in [0.4, 0.5) is 21.6 Å². The van der Waals surface area contributed by atoms with Gasteiger partial charge in [0.2, 0.25) is 0 Å². The van der Waals surface area contributed by atoms with E-state index in [4.69, 9.17) is 9.47 Å². The second-order valence-electron chi connectivity index (χ2n) is 8.03. The number of ether oxygens (including phenoxy) is 2. The zero-order valence-corrected chi connectivity index (χ0v) is 18.3. The van der Waals surface area contributed by atoms with Gasteiger partial charge in [0.1, 0.15) is 29.8 Å². The number of rotatable bonds is 5. The molecule has 0 amide bonds. The lowest BCUT2D eigenvalue weighted by Crippen LogP contribution is -2.30. The minimum absolute atomic E-state index is 0.179. The van der Waals surface area contributed by atoms with Gasteiger partial charge in [-0.25, -0.2) is 18.6 Å². The van der Waals surface area contributed by atoms with Crippen molar-refractivity contribution in [1.29, 1.82) is 0 Å². The quantitative estimate of drug-likeness (QED) is 0.603. The SMILES string of the molecule is Cc1cc(N=S2(=O)CCC2)cc2ncnc(Nc3ccc(F)cc3O[C@H]3COC[C@H]3O)c12. The number of fused-ring (bicyclic) bond motifs is 1. The van der Waals surface area contributed by atoms with Crippen LogP contribution in [0.2, 0.25) is 0 Å². The maximum Gasteiger partial charge on any atom is 0.150 e. The summed E-state index contributed by atoms with van der Waals surface area (Å²) in [6, 6.07) is 7.81. The Morgan fingerprint density at radius 1 is 1.25 bits per heavy atom. The maximum absolute atomic E-state index is 13.9. The third-order valence-corrected chi connectivity index (χ3v) is 7.99. The first-order chi connectivity index (χ1) is 15.4. The molecule has 1 aromatic heterocycles. The highest BCUT2D eigenvalue weighted by atomic mass is 32.2. The highest BCUT2D eigenvalue weighted by Gasteiger charge is 2.29. The molecule has 3 heterocycles. The van der Waals surface area contributed by atoms with E-state index in [2.05, 4.69) is 19.6 Å². The Labute approximate surface area is 185 Å². The number of nitrogens with zero attached hydrogens (tertiary/aromatic N) is 3. The second-order valence-corrected chi connectivity index (χ2v) is 10.6. The second kappa shape index (κ2) is 8.27. The van der Waals surface area contributed by atoms with E-state index in [-0.39, 0.29) is 19.0 Å². The monoisotopic (exact) mass is 458 g/mol. The standard InChI is InChI=1S/C22H23FN4O4S/c1-13-7-15(27-32(29)5-2-6-32)9-17-21(13)22(25-12-24-17)26-16-4-3-14(23)8-19(16)31-20-11-30-10-18(20)28/h3-4,7-9,12,18,20,28H,2,5-6,10-11H2,1H3,(H,24,25,26)/t18-,20+/m1/s1. The molecule has 0 saturated carbocycles. The molecule has 0 radical (unpaired) electrons. The van der Waals surface area contributed by atoms with E-state index in [0.717, 1.165) is 17.4 Å². The fourth-order valence-electron chi connectivity index (χ4n) is 3.82. The van der Waals surface area contributed by atoms with Crippen molar-refractivity contribution in [3.05, 3.63) is 48.0 Å². The summed E-state index contributed by atoms with van der Waals surface area (Å²) < 4.78 is 42.0. The van der Waals surface area contributed by atoms with Gasteiger partial charge >= 0.3 is 0 Å². The zero-order valence-electron chi connectivity index (χ0n) is 17.5. The van der Waals surface area contributed by atoms with Crippen molar-refractivity contribution >= 4 is 37.8 Å². The van der Waals surface area contributed by atoms with Gasteiger partial charge in [-0.2, -0.15) is 4.36 Å². The number of aromatic nitrogens is 2. The predicted molar refractivity (Wildman–Crippen MR) is 120 cm³/mol. The molecule has 32 heavy (non-hydrogen) atoms. The highest BCUT2D eigenvalue weighted by Crippen LogP contribution is 2.35. The van der Waals surface area contributed by atoms with Crippen molar-refractivity contribution in [2.75, 3.05) is 30.0 Å². The highest BCUT2D eigenvalue weighted by molar-refractivity contribution is 7.95. The molecule has 3 aromatic rings. The molecule has 0 unspecified atom stereocenters. The number of nitrogens with one attached hydrogen (secondary N) is 1. The first-order valence-corrected chi connectivity index (χ1v) is 12.2. The predicted octanol–water partition coefficient (Wildman–Crippen LogP) is 3.46. The van der Waals surface area contributed by atoms with Crippen molar-refractivity contribution in [1.82, 2.24) is 9.97 Å². The van der Waals surface area contributed by atoms with Crippen LogP contribution in [-0.4, -0.2) is 56.2 Å². The Balaban J connectivity index is 1.51. The Morgan fingerprint density at radius 3 is 2.81 bits per heavy atom. The summed E-state index contributed by atoms with van der Waals surface area (Å²) in [7, 11) is -2.13. The maximum atomic E-state index is 13.9. The van der Waals surface area contributed by atoms with Crippen LogP contribution in [0.5, 0.6) is 5.75 Å². The van der Waals surface area contributed by atoms with E-state index < -0.39 is 27.8 Å². The van der Waals surface area contributed by atoms with Gasteiger partial charge < -0.3 is 19.9 Å². The van der Waals surface area contributed by atoms with Crippen LogP contribution in [0, 0.1) is 12.7 Å². The van der Waals surface area contributed by atoms with E-state index >= 15 is 0 Å². The molecular formula is C22H23FN4O4S. The van der Waals surface area contributed by atoms with Crippen molar-refractivity contribution in [3.8, 4) is 5.75 Å². The average molecular weight is 459 g/mol. The van der Waals surface area contributed by atoms with Gasteiger partial charge in [-0.3, -0.25) is 0 Å². The largest absolute Gasteiger partial charge is 0.483 e. The van der Waals surface area contributed by atoms with Gasteiger partial charge in [0.15, 0.2) is 6.10 Å². The summed E-state index contributed by atoms with van der Waals surface area (Å²) in [5.74, 6) is 1.58. The molecule has 2 fully saturated rings. The van der Waals surface area contributed by atoms with Gasteiger partial charge in [-0.05, 0) is 43.2 Å². The van der Waals surface area contributed by atoms with Crippen LogP contribution in [0.1, 0.15) is 12.0 Å². The van der Waals surface area contributed by atoms with Gasteiger partial charge in [-0.15, -0.1) is 0 Å². The first kappa shape index (κ1) is 21.0. The summed E-state index contributed by atoms with van der Waals surface area (Å²) in [6.07, 6.45) is 1.00. The molecule has 2 aliphatic heterocycles. The molecule has 2 aromatic carbocycles. The van der Waals surface area contributed by atoms with E-state index in [1.807, 2.05) is 13.0 Å². The van der Waals surface area contributed by atoms with Gasteiger partial charge in [-0.1, -0.05) is 0 Å². The number of aliphatic hydroxyl groups excluding tert-OH is 1. The molecule has 168 valence electrons. The molecule has 0 aliphatic carbocycles. The smallest absolute Gasteiger partial charge is 0.150 e. The lowest BCUT2D eigenvalue weighted by Gasteiger charge is -2.20. The Hall–Kier alpha value is -2.82. The number of anilines is 2. The Kier molecular flexibility index (Phi) is 5.44. The molecule has 10 heteroatoms. The molecule has 2 atom stereocenters. The van der Waals surface area contributed by atoms with Gasteiger partial charge in [0.25, 0.3) is 0 Å². The van der Waals surface area contributed by atoms with Crippen LogP contribution < -0.4 is 10.1 Å². The summed E-state index contributed by atoms with van der Waals surface area (Å²) in [5, 5.41) is 14.0. The number of halogens is 1. The molecule has 5 rings (SSSR count). The molecular weight excluding hydrogens is 435 g/mol. The fraction of sp³-hybridized carbons (Fsp3) is 0.364. The van der Waals surface area contributed by atoms with Gasteiger partial charge in [0, 0.05) is 23.0 Å². The Bertz CT molecular complexity index is 1300. The van der Waals surface area contributed by atoms with E-state index in [9.17, 15) is 13.7 Å². The van der Waals surface area contributed by atoms with Crippen molar-refractivity contribution in [3.63, 3.8) is 0 Å². The topological polar surface area (TPSA) is 106 Å². The van der Waals surface area contributed by atoms with Crippen molar-refractivity contribution in [2.45, 2.75) is 25.6 Å². The summed E-state index contributed by atoms with van der Waals surface area (Å²) in [6.45, 7) is 2.32. The van der Waals surface area contributed by atoms with Gasteiger partial charge in [0.05, 0.1) is 39.8 Å². The van der Waals surface area contributed by atoms with Crippen LogP contribution in [0.3, 0.4) is 0 Å². The summed E-state index contributed by atoms with van der Waals surface area (Å²) in [4.78, 5) is 8.74. The number of hydrogen-bond acceptors (Lipinski definition) is 8. The first-order valence-electron chi connectivity index (χ1n) is 10.4. The van der Waals surface area contributed by atoms with E-state index in [0.29, 0.717) is 34.2 Å². The van der Waals surface area contributed by atoms with Crippen molar-refractivity contribution < 1.29 is 23.2 Å². The third kappa shape index (κ3) is 4.13. The van der Waals surface area contributed by atoms with E-state index in [1.54, 1.807) is 12.1 Å². The lowest BCUT2D eigenvalue weighted by molar-refractivity contribution is 0.0736. The number of benzene rings is 2. The average Bonchev–Trinajstić information content (AvgIpc) is 3.13. The van der Waals surface area contributed by atoms with Crippen molar-refractivity contribution in [2.24, 2.45) is 4.36 Å². The third-order valence-electron chi connectivity index (χ3n) is 5.59. The summed E-state index contributed by atoms with van der Waals surface area (Å²) >= 11 is 0. The number of aliphatic hydroxyl groups is 1. The molecule has 2 N–H and O–H groups in total. The normalized spacial score (nSPS) is 21.8. The van der Waals surface area contributed by atoms with E-state index in [1.165, 1.54) is 18.5 Å². The van der Waals surface area contributed by atoms with Crippen LogP contribution in [0.15, 0.2) is 41.0 Å². The zero-order chi connectivity index (χ0) is 22.3. The molecule has 0 bridgehead atoms. The fourth-order valence-corrected chi connectivity index (χ4v) is 5.27. The molecule has 2 aliphatic rings. The van der Waals surface area contributed by atoms with Crippen LogP contribution >= 0.6 is 0 Å².